The highest BCUT2D eigenvalue weighted by Crippen LogP contribution is 2.55. The molecule has 0 radical (unpaired) electrons. The first-order valence-corrected chi connectivity index (χ1v) is 9.35. The fourth-order valence-electron chi connectivity index (χ4n) is 2.23. The molecule has 0 aliphatic carbocycles. The third kappa shape index (κ3) is 4.23. The average molecular weight is 479 g/mol. The number of carbonyl (C=O) groups is 1. The summed E-state index contributed by atoms with van der Waals surface area (Å²) in [5.41, 5.74) is -1.04. The maximum atomic E-state index is 13.7. The number of ether oxygens (including phenoxy) is 1. The highest BCUT2D eigenvalue weighted by Gasteiger charge is 2.85. The van der Waals surface area contributed by atoms with E-state index in [-0.39, 0.29) is 0 Å². The molecule has 0 amide bonds. The van der Waals surface area contributed by atoms with Crippen LogP contribution >= 0.6 is 0 Å². The van der Waals surface area contributed by atoms with E-state index in [0.717, 1.165) is 7.11 Å². The van der Waals surface area contributed by atoms with Crippen molar-refractivity contribution in [3.05, 3.63) is 17.5 Å². The van der Waals surface area contributed by atoms with E-state index in [0.29, 0.717) is 6.07 Å². The number of carbonyl (C=O) groups excluding carboxylic acids is 1. The van der Waals surface area contributed by atoms with E-state index >= 15 is 0 Å². The lowest BCUT2D eigenvalue weighted by Gasteiger charge is -2.32. The van der Waals surface area contributed by atoms with Crippen LogP contribution in [0.1, 0.15) is 31.2 Å². The van der Waals surface area contributed by atoms with E-state index in [2.05, 4.69) is 14.4 Å². The van der Waals surface area contributed by atoms with Gasteiger partial charge in [-0.05, 0) is 5.92 Å². The van der Waals surface area contributed by atoms with Crippen LogP contribution in [0.2, 0.25) is 0 Å². The largest absolute Gasteiger partial charge is 0.468 e. The summed E-state index contributed by atoms with van der Waals surface area (Å²) in [4.78, 5) is 11.7. The SMILES string of the molecule is COC(=O)C(c1cc(CS(=O)(=O)C(F)(F)C(F)(F)C(F)(F)C(F)(F)F)no1)C(C)C. The van der Waals surface area contributed by atoms with Gasteiger partial charge in [0.1, 0.15) is 11.7 Å². The molecule has 0 saturated carbocycles. The first-order chi connectivity index (χ1) is 13.2. The van der Waals surface area contributed by atoms with Gasteiger partial charge in [0.2, 0.25) is 9.84 Å². The molecule has 1 atom stereocenters. The van der Waals surface area contributed by atoms with E-state index in [1.54, 1.807) is 0 Å². The molecule has 0 fully saturated rings. The summed E-state index contributed by atoms with van der Waals surface area (Å²) in [5, 5.41) is -3.86. The molecule has 1 aromatic rings. The summed E-state index contributed by atoms with van der Waals surface area (Å²) >= 11 is 0. The van der Waals surface area contributed by atoms with Crippen LogP contribution in [0.5, 0.6) is 0 Å². The first-order valence-electron chi connectivity index (χ1n) is 7.70. The minimum absolute atomic E-state index is 0.433. The molecular weight excluding hydrogens is 465 g/mol. The number of nitrogens with zero attached hydrogens (tertiary/aromatic N) is 1. The first kappa shape index (κ1) is 26.0. The summed E-state index contributed by atoms with van der Waals surface area (Å²) in [7, 11) is -5.70. The van der Waals surface area contributed by atoms with Crippen molar-refractivity contribution >= 4 is 15.8 Å². The van der Waals surface area contributed by atoms with Gasteiger partial charge >= 0.3 is 29.2 Å². The monoisotopic (exact) mass is 479 g/mol. The molecule has 0 aliphatic rings. The standard InChI is InChI=1S/C14H14F9NO5S/c1-6(2)9(10(25)28-3)8-4-7(24-29-8)5-30(26,27)14(22,23)12(17,18)11(15,16)13(19,20)21/h4,6,9H,5H2,1-3H3. The smallest absolute Gasteiger partial charge is 0.460 e. The Bertz CT molecular complexity index is 877. The van der Waals surface area contributed by atoms with E-state index in [1.807, 2.05) is 0 Å². The van der Waals surface area contributed by atoms with Crippen molar-refractivity contribution in [1.82, 2.24) is 5.16 Å². The summed E-state index contributed by atoms with van der Waals surface area (Å²) in [6.07, 6.45) is -7.17. The van der Waals surface area contributed by atoms with Gasteiger partial charge in [0.15, 0.2) is 5.76 Å². The highest BCUT2D eigenvalue weighted by atomic mass is 32.2. The van der Waals surface area contributed by atoms with E-state index in [9.17, 15) is 52.7 Å². The zero-order valence-electron chi connectivity index (χ0n) is 15.2. The highest BCUT2D eigenvalue weighted by molar-refractivity contribution is 7.91. The van der Waals surface area contributed by atoms with Crippen molar-refractivity contribution in [3.8, 4) is 0 Å². The average Bonchev–Trinajstić information content (AvgIpc) is 2.99. The summed E-state index contributed by atoms with van der Waals surface area (Å²) in [6.45, 7) is 2.93. The van der Waals surface area contributed by atoms with Gasteiger partial charge in [-0.1, -0.05) is 19.0 Å². The van der Waals surface area contributed by atoms with Crippen LogP contribution in [0.4, 0.5) is 39.5 Å². The topological polar surface area (TPSA) is 86.5 Å². The van der Waals surface area contributed by atoms with Gasteiger partial charge in [-0.15, -0.1) is 0 Å². The number of methoxy groups -OCH3 is 1. The predicted molar refractivity (Wildman–Crippen MR) is 79.6 cm³/mol. The lowest BCUT2D eigenvalue weighted by Crippen LogP contribution is -2.63. The second-order valence-corrected chi connectivity index (χ2v) is 8.42. The van der Waals surface area contributed by atoms with Crippen molar-refractivity contribution in [3.63, 3.8) is 0 Å². The van der Waals surface area contributed by atoms with Gasteiger partial charge in [-0.25, -0.2) is 8.42 Å². The molecule has 16 heteroatoms. The zero-order valence-corrected chi connectivity index (χ0v) is 16.1. The molecule has 1 rings (SSSR count). The number of alkyl halides is 9. The third-order valence-corrected chi connectivity index (χ3v) is 5.56. The Morgan fingerprint density at radius 2 is 1.57 bits per heavy atom. The van der Waals surface area contributed by atoms with E-state index in [4.69, 9.17) is 0 Å². The lowest BCUT2D eigenvalue weighted by molar-refractivity contribution is -0.382. The minimum Gasteiger partial charge on any atom is -0.468 e. The van der Waals surface area contributed by atoms with E-state index in [1.165, 1.54) is 13.8 Å². The Morgan fingerprint density at radius 3 is 1.97 bits per heavy atom. The number of rotatable bonds is 8. The molecule has 0 bridgehead atoms. The van der Waals surface area contributed by atoms with Gasteiger partial charge < -0.3 is 9.26 Å². The summed E-state index contributed by atoms with van der Waals surface area (Å²) in [5.74, 6) is -20.0. The van der Waals surface area contributed by atoms with Crippen LogP contribution in [-0.4, -0.2) is 49.9 Å². The molecule has 0 saturated heterocycles. The van der Waals surface area contributed by atoms with Gasteiger partial charge in [-0.2, -0.15) is 39.5 Å². The molecular formula is C14H14F9NO5S. The van der Waals surface area contributed by atoms with Crippen molar-refractivity contribution in [2.45, 2.75) is 48.8 Å². The van der Waals surface area contributed by atoms with Gasteiger partial charge in [-0.3, -0.25) is 4.79 Å². The molecule has 6 nitrogen and oxygen atoms in total. The Labute approximate surface area is 163 Å². The van der Waals surface area contributed by atoms with Crippen LogP contribution < -0.4 is 0 Å². The number of hydrogen-bond acceptors (Lipinski definition) is 6. The van der Waals surface area contributed by atoms with Gasteiger partial charge in [0.25, 0.3) is 0 Å². The number of sulfone groups is 1. The quantitative estimate of drug-likeness (QED) is 0.415. The van der Waals surface area contributed by atoms with Crippen molar-refractivity contribution < 1.29 is 62.0 Å². The van der Waals surface area contributed by atoms with E-state index < -0.39 is 68.1 Å². The Kier molecular flexibility index (Phi) is 6.88. The lowest BCUT2D eigenvalue weighted by atomic mass is 9.93. The second-order valence-electron chi connectivity index (χ2n) is 6.39. The van der Waals surface area contributed by atoms with Crippen molar-refractivity contribution in [2.75, 3.05) is 7.11 Å². The molecule has 174 valence electrons. The molecule has 1 unspecified atom stereocenters. The summed E-state index contributed by atoms with van der Waals surface area (Å²) in [6, 6.07) is 0.579. The Hall–Kier alpha value is -2.00. The molecule has 0 aromatic carbocycles. The van der Waals surface area contributed by atoms with Crippen molar-refractivity contribution in [1.29, 1.82) is 0 Å². The van der Waals surface area contributed by atoms with Crippen molar-refractivity contribution in [2.24, 2.45) is 5.92 Å². The number of halogens is 9. The number of esters is 1. The maximum Gasteiger partial charge on any atom is 0.460 e. The van der Waals surface area contributed by atoms with Crippen LogP contribution in [-0.2, 0) is 25.1 Å². The summed E-state index contributed by atoms with van der Waals surface area (Å²) < 4.78 is 149. The Balaban J connectivity index is 3.32. The van der Waals surface area contributed by atoms with Gasteiger partial charge in [0, 0.05) is 6.07 Å². The number of aromatic nitrogens is 1. The maximum absolute atomic E-state index is 13.7. The minimum atomic E-state index is -7.36. The molecule has 1 aromatic heterocycles. The van der Waals surface area contributed by atoms with Crippen LogP contribution in [0.25, 0.3) is 0 Å². The number of hydrogen-bond donors (Lipinski definition) is 0. The zero-order chi connectivity index (χ0) is 23.9. The molecule has 0 aliphatic heterocycles. The van der Waals surface area contributed by atoms with Crippen LogP contribution in [0.3, 0.4) is 0 Å². The normalized spacial score (nSPS) is 15.4. The van der Waals surface area contributed by atoms with Gasteiger partial charge in [0.05, 0.1) is 12.8 Å². The van der Waals surface area contributed by atoms with Crippen LogP contribution in [0.15, 0.2) is 10.6 Å². The molecule has 1 heterocycles. The molecule has 0 spiro atoms. The predicted octanol–water partition coefficient (Wildman–Crippen LogP) is 3.93. The third-order valence-electron chi connectivity index (χ3n) is 3.85. The fourth-order valence-corrected chi connectivity index (χ4v) is 3.45. The second kappa shape index (κ2) is 7.92. The Morgan fingerprint density at radius 1 is 1.07 bits per heavy atom. The fraction of sp³-hybridized carbons (Fsp3) is 0.714. The molecule has 30 heavy (non-hydrogen) atoms. The van der Waals surface area contributed by atoms with Crippen LogP contribution in [0, 0.1) is 5.92 Å². The molecule has 0 N–H and O–H groups in total.